The first-order valence-electron chi connectivity index (χ1n) is 5.19. The van der Waals surface area contributed by atoms with Crippen molar-refractivity contribution in [2.45, 2.75) is 38.2 Å². The Morgan fingerprint density at radius 2 is 1.93 bits per heavy atom. The monoisotopic (exact) mass is 207 g/mol. The summed E-state index contributed by atoms with van der Waals surface area (Å²) in [5.41, 5.74) is 2.93. The number of hydrogen-bond acceptors (Lipinski definition) is 2. The third kappa shape index (κ3) is 1.82. The molecule has 0 bridgehead atoms. The van der Waals surface area contributed by atoms with E-state index in [1.54, 1.807) is 0 Å². The van der Waals surface area contributed by atoms with Gasteiger partial charge in [-0.1, -0.05) is 24.3 Å². The summed E-state index contributed by atoms with van der Waals surface area (Å²) < 4.78 is 0. The number of fused-ring (bicyclic) bond motifs is 1. The van der Waals surface area contributed by atoms with Crippen molar-refractivity contribution in [2.75, 3.05) is 0 Å². The maximum atomic E-state index is 4.65. The van der Waals surface area contributed by atoms with Gasteiger partial charge in [0, 0.05) is 12.6 Å². The minimum Gasteiger partial charge on any atom is -0.285 e. The number of benzene rings is 1. The van der Waals surface area contributed by atoms with Gasteiger partial charge < -0.3 is 0 Å². The van der Waals surface area contributed by atoms with Crippen molar-refractivity contribution in [1.82, 2.24) is 4.90 Å². The van der Waals surface area contributed by atoms with E-state index in [4.69, 9.17) is 0 Å². The quantitative estimate of drug-likeness (QED) is 0.693. The molecule has 1 atom stereocenters. The van der Waals surface area contributed by atoms with Gasteiger partial charge in [0.15, 0.2) is 0 Å². The minimum absolute atomic E-state index is 0.380. The van der Waals surface area contributed by atoms with E-state index in [-0.39, 0.29) is 0 Å². The maximum Gasteiger partial charge on any atom is 0.0573 e. The maximum absolute atomic E-state index is 4.65. The van der Waals surface area contributed by atoms with Crippen LogP contribution in [0.2, 0.25) is 0 Å². The standard InChI is InChI=1S/C12H17NS/c1-9(2)13-8-11-6-4-3-5-10(11)7-12(13)14/h3-6,9,12,14H,7-8H2,1-2H3. The van der Waals surface area contributed by atoms with Crippen molar-refractivity contribution >= 4 is 12.6 Å². The lowest BCUT2D eigenvalue weighted by atomic mass is 9.99. The minimum atomic E-state index is 0.380. The molecule has 0 saturated carbocycles. The van der Waals surface area contributed by atoms with Crippen LogP contribution in [0.1, 0.15) is 25.0 Å². The Hall–Kier alpha value is -0.470. The normalized spacial score (nSPS) is 22.4. The highest BCUT2D eigenvalue weighted by Crippen LogP contribution is 2.26. The molecule has 0 aromatic heterocycles. The Morgan fingerprint density at radius 1 is 1.29 bits per heavy atom. The zero-order valence-corrected chi connectivity index (χ0v) is 9.67. The molecule has 0 N–H and O–H groups in total. The van der Waals surface area contributed by atoms with E-state index in [0.717, 1.165) is 13.0 Å². The fourth-order valence-electron chi connectivity index (χ4n) is 2.05. The SMILES string of the molecule is CC(C)N1Cc2ccccc2CC1S. The fourth-order valence-corrected chi connectivity index (χ4v) is 2.60. The van der Waals surface area contributed by atoms with Crippen LogP contribution in [0, 0.1) is 0 Å². The second-order valence-corrected chi connectivity index (χ2v) is 4.82. The third-order valence-corrected chi connectivity index (χ3v) is 3.40. The summed E-state index contributed by atoms with van der Waals surface area (Å²) >= 11 is 4.65. The van der Waals surface area contributed by atoms with E-state index in [1.165, 1.54) is 11.1 Å². The highest BCUT2D eigenvalue weighted by Gasteiger charge is 2.24. The van der Waals surface area contributed by atoms with E-state index in [0.29, 0.717) is 11.4 Å². The molecule has 0 aliphatic carbocycles. The highest BCUT2D eigenvalue weighted by atomic mass is 32.1. The summed E-state index contributed by atoms with van der Waals surface area (Å²) in [7, 11) is 0. The van der Waals surface area contributed by atoms with Gasteiger partial charge in [0.2, 0.25) is 0 Å². The van der Waals surface area contributed by atoms with Gasteiger partial charge in [-0.2, -0.15) is 12.6 Å². The summed E-state index contributed by atoms with van der Waals surface area (Å²) in [6, 6.07) is 9.26. The molecule has 76 valence electrons. The van der Waals surface area contributed by atoms with Crippen molar-refractivity contribution in [3.05, 3.63) is 35.4 Å². The first-order valence-corrected chi connectivity index (χ1v) is 5.70. The van der Waals surface area contributed by atoms with Gasteiger partial charge in [0.25, 0.3) is 0 Å². The summed E-state index contributed by atoms with van der Waals surface area (Å²) in [5, 5.41) is 0.380. The molecule has 0 fully saturated rings. The summed E-state index contributed by atoms with van der Waals surface area (Å²) in [5.74, 6) is 0. The third-order valence-electron chi connectivity index (χ3n) is 2.92. The molecule has 1 nitrogen and oxygen atoms in total. The van der Waals surface area contributed by atoms with Crippen LogP contribution in [0.15, 0.2) is 24.3 Å². The molecule has 0 radical (unpaired) electrons. The molecule has 2 rings (SSSR count). The van der Waals surface area contributed by atoms with Crippen molar-refractivity contribution in [2.24, 2.45) is 0 Å². The van der Waals surface area contributed by atoms with Crippen molar-refractivity contribution in [3.8, 4) is 0 Å². The van der Waals surface area contributed by atoms with Crippen LogP contribution in [0.3, 0.4) is 0 Å². The lowest BCUT2D eigenvalue weighted by Gasteiger charge is -2.37. The van der Waals surface area contributed by atoms with Gasteiger partial charge in [-0.3, -0.25) is 4.90 Å². The molecular weight excluding hydrogens is 190 g/mol. The molecular formula is C12H17NS. The second kappa shape index (κ2) is 3.95. The molecule has 0 saturated heterocycles. The number of rotatable bonds is 1. The zero-order chi connectivity index (χ0) is 10.1. The fraction of sp³-hybridized carbons (Fsp3) is 0.500. The predicted molar refractivity (Wildman–Crippen MR) is 63.6 cm³/mol. The van der Waals surface area contributed by atoms with E-state index >= 15 is 0 Å². The Bertz CT molecular complexity index is 322. The van der Waals surface area contributed by atoms with Crippen LogP contribution >= 0.6 is 12.6 Å². The number of nitrogens with zero attached hydrogens (tertiary/aromatic N) is 1. The van der Waals surface area contributed by atoms with Gasteiger partial charge in [0.1, 0.15) is 0 Å². The van der Waals surface area contributed by atoms with E-state index in [1.807, 2.05) is 0 Å². The van der Waals surface area contributed by atoms with Gasteiger partial charge in [0.05, 0.1) is 5.37 Å². The molecule has 1 aromatic carbocycles. The van der Waals surface area contributed by atoms with Crippen LogP contribution < -0.4 is 0 Å². The molecule has 1 aliphatic heterocycles. The van der Waals surface area contributed by atoms with Gasteiger partial charge in [-0.25, -0.2) is 0 Å². The van der Waals surface area contributed by atoms with Crippen molar-refractivity contribution in [3.63, 3.8) is 0 Å². The molecule has 1 unspecified atom stereocenters. The molecule has 1 aromatic rings. The van der Waals surface area contributed by atoms with E-state index in [2.05, 4.69) is 55.6 Å². The van der Waals surface area contributed by atoms with Crippen LogP contribution in [0.5, 0.6) is 0 Å². The average molecular weight is 207 g/mol. The first kappa shape index (κ1) is 10.1. The molecule has 1 aliphatic rings. The van der Waals surface area contributed by atoms with Gasteiger partial charge in [-0.15, -0.1) is 0 Å². The molecule has 14 heavy (non-hydrogen) atoms. The topological polar surface area (TPSA) is 3.24 Å². The van der Waals surface area contributed by atoms with E-state index < -0.39 is 0 Å². The molecule has 0 spiro atoms. The Balaban J connectivity index is 2.27. The van der Waals surface area contributed by atoms with Crippen molar-refractivity contribution < 1.29 is 0 Å². The van der Waals surface area contributed by atoms with Crippen LogP contribution in [0.25, 0.3) is 0 Å². The highest BCUT2D eigenvalue weighted by molar-refractivity contribution is 7.80. The Morgan fingerprint density at radius 3 is 2.57 bits per heavy atom. The summed E-state index contributed by atoms with van der Waals surface area (Å²) in [6.45, 7) is 5.51. The van der Waals surface area contributed by atoms with Crippen LogP contribution in [-0.4, -0.2) is 16.3 Å². The Kier molecular flexibility index (Phi) is 2.84. The molecule has 0 amide bonds. The van der Waals surface area contributed by atoms with Crippen molar-refractivity contribution in [1.29, 1.82) is 0 Å². The summed E-state index contributed by atoms with van der Waals surface area (Å²) in [4.78, 5) is 2.44. The van der Waals surface area contributed by atoms with Crippen LogP contribution in [0.4, 0.5) is 0 Å². The largest absolute Gasteiger partial charge is 0.285 e. The Labute approximate surface area is 91.5 Å². The first-order chi connectivity index (χ1) is 6.68. The van der Waals surface area contributed by atoms with Gasteiger partial charge >= 0.3 is 0 Å². The number of hydrogen-bond donors (Lipinski definition) is 1. The molecule has 2 heteroatoms. The molecule has 1 heterocycles. The summed E-state index contributed by atoms with van der Waals surface area (Å²) in [6.07, 6.45) is 1.07. The zero-order valence-electron chi connectivity index (χ0n) is 8.77. The average Bonchev–Trinajstić information content (AvgIpc) is 2.16. The second-order valence-electron chi connectivity index (χ2n) is 4.22. The smallest absolute Gasteiger partial charge is 0.0573 e. The van der Waals surface area contributed by atoms with E-state index in [9.17, 15) is 0 Å². The lowest BCUT2D eigenvalue weighted by molar-refractivity contribution is 0.184. The lowest BCUT2D eigenvalue weighted by Crippen LogP contribution is -2.41. The number of thiol groups is 1. The van der Waals surface area contributed by atoms with Gasteiger partial charge in [-0.05, 0) is 31.4 Å². The van der Waals surface area contributed by atoms with Crippen LogP contribution in [-0.2, 0) is 13.0 Å². The predicted octanol–water partition coefficient (Wildman–Crippen LogP) is 2.71.